The normalized spacial score (nSPS) is 49.7. The van der Waals surface area contributed by atoms with E-state index in [-0.39, 0.29) is 22.9 Å². The number of ether oxygens (including phenoxy) is 1. The van der Waals surface area contributed by atoms with Gasteiger partial charge in [0.1, 0.15) is 5.60 Å². The number of carbonyl (C=O) groups excluding carboxylic acids is 1. The Morgan fingerprint density at radius 1 is 1.33 bits per heavy atom. The van der Waals surface area contributed by atoms with E-state index in [1.54, 1.807) is 12.1 Å². The summed E-state index contributed by atoms with van der Waals surface area (Å²) in [5.74, 6) is 0.605. The van der Waals surface area contributed by atoms with Crippen molar-refractivity contribution in [3.63, 3.8) is 0 Å². The van der Waals surface area contributed by atoms with Crippen LogP contribution in [-0.4, -0.2) is 27.7 Å². The Morgan fingerprint density at radius 2 is 2.19 bits per heavy atom. The van der Waals surface area contributed by atoms with Gasteiger partial charge in [-0.15, -0.1) is 0 Å². The van der Waals surface area contributed by atoms with Crippen molar-refractivity contribution in [2.45, 2.75) is 36.4 Å². The average Bonchev–Trinajstić information content (AvgIpc) is 2.95. The first-order valence-electron chi connectivity index (χ1n) is 7.49. The van der Waals surface area contributed by atoms with Crippen molar-refractivity contribution in [3.05, 3.63) is 35.4 Å². The summed E-state index contributed by atoms with van der Waals surface area (Å²) >= 11 is 0. The summed E-state index contributed by atoms with van der Waals surface area (Å²) in [5, 5.41) is 21.6. The van der Waals surface area contributed by atoms with Gasteiger partial charge in [0.15, 0.2) is 23.4 Å². The minimum Gasteiger partial charge on any atom is -0.504 e. The van der Waals surface area contributed by atoms with Crippen LogP contribution in [0.15, 0.2) is 24.3 Å². The highest BCUT2D eigenvalue weighted by molar-refractivity contribution is 5.99. The largest absolute Gasteiger partial charge is 0.504 e. The molecule has 0 radical (unpaired) electrons. The number of fused-ring (bicyclic) bond motifs is 1. The number of hydrogen-bond donors (Lipinski definition) is 2. The molecule has 5 aliphatic rings. The third-order valence-corrected chi connectivity index (χ3v) is 6.72. The highest BCUT2D eigenvalue weighted by Crippen LogP contribution is 2.81. The van der Waals surface area contributed by atoms with Gasteiger partial charge in [-0.2, -0.15) is 0 Å². The SMILES string of the molecule is O=C1C=C[C@@]2(O)[C@@H]3CC34Cc3ccc(O)c5c3C2(C4)[C@H]1O5. The zero-order valence-corrected chi connectivity index (χ0v) is 11.3. The van der Waals surface area contributed by atoms with Crippen molar-refractivity contribution in [3.8, 4) is 11.5 Å². The lowest BCUT2D eigenvalue weighted by Gasteiger charge is -2.46. The number of hydrogen-bond acceptors (Lipinski definition) is 4. The molecule has 0 saturated heterocycles. The van der Waals surface area contributed by atoms with Crippen LogP contribution in [0.2, 0.25) is 0 Å². The average molecular weight is 282 g/mol. The van der Waals surface area contributed by atoms with Crippen molar-refractivity contribution in [2.75, 3.05) is 0 Å². The van der Waals surface area contributed by atoms with Crippen LogP contribution in [0.1, 0.15) is 24.0 Å². The summed E-state index contributed by atoms with van der Waals surface area (Å²) < 4.78 is 5.89. The van der Waals surface area contributed by atoms with E-state index in [9.17, 15) is 15.0 Å². The van der Waals surface area contributed by atoms with Gasteiger partial charge in [-0.1, -0.05) is 6.07 Å². The van der Waals surface area contributed by atoms with E-state index in [1.807, 2.05) is 6.07 Å². The molecule has 4 aliphatic carbocycles. The predicted molar refractivity (Wildman–Crippen MR) is 72.2 cm³/mol. The van der Waals surface area contributed by atoms with Gasteiger partial charge in [0, 0.05) is 5.56 Å². The van der Waals surface area contributed by atoms with Crippen molar-refractivity contribution < 1.29 is 19.7 Å². The Morgan fingerprint density at radius 3 is 3.05 bits per heavy atom. The minimum atomic E-state index is -1.00. The van der Waals surface area contributed by atoms with E-state index in [0.29, 0.717) is 5.75 Å². The van der Waals surface area contributed by atoms with E-state index >= 15 is 0 Å². The van der Waals surface area contributed by atoms with E-state index < -0.39 is 17.1 Å². The van der Waals surface area contributed by atoms with Gasteiger partial charge < -0.3 is 14.9 Å². The maximum absolute atomic E-state index is 12.4. The van der Waals surface area contributed by atoms with Crippen molar-refractivity contribution >= 4 is 5.78 Å². The molecule has 2 unspecified atom stereocenters. The van der Waals surface area contributed by atoms with E-state index in [2.05, 4.69) is 0 Å². The van der Waals surface area contributed by atoms with Crippen LogP contribution in [0.5, 0.6) is 11.5 Å². The van der Waals surface area contributed by atoms with Gasteiger partial charge in [-0.05, 0) is 54.4 Å². The van der Waals surface area contributed by atoms with E-state index in [4.69, 9.17) is 4.74 Å². The molecule has 2 spiro atoms. The molecule has 2 saturated carbocycles. The van der Waals surface area contributed by atoms with Crippen molar-refractivity contribution in [1.82, 2.24) is 0 Å². The standard InChI is InChI=1S/C17H14O4/c18-9-2-1-8-5-15-6-11(15)17(20)4-3-10(19)14-16(17,7-15)12(8)13(9)21-14/h1-4,11,14,18,20H,5-7H2/t11-,14+,15?,16?,17-/m1/s1. The Hall–Kier alpha value is -1.81. The van der Waals surface area contributed by atoms with Gasteiger partial charge in [0.25, 0.3) is 0 Å². The Kier molecular flexibility index (Phi) is 1.36. The molecule has 2 fully saturated rings. The monoisotopic (exact) mass is 282 g/mol. The van der Waals surface area contributed by atoms with Gasteiger partial charge in [0.2, 0.25) is 0 Å². The second kappa shape index (κ2) is 2.63. The fourth-order valence-corrected chi connectivity index (χ4v) is 5.98. The lowest BCUT2D eigenvalue weighted by Crippen LogP contribution is -2.60. The molecule has 2 N–H and O–H groups in total. The fourth-order valence-electron chi connectivity index (χ4n) is 5.98. The Bertz CT molecular complexity index is 796. The number of phenols is 1. The maximum Gasteiger partial charge on any atom is 0.196 e. The topological polar surface area (TPSA) is 66.8 Å². The molecular formula is C17H14O4. The summed E-state index contributed by atoms with van der Waals surface area (Å²) in [4.78, 5) is 12.4. The van der Waals surface area contributed by atoms with Gasteiger partial charge in [-0.25, -0.2) is 0 Å². The molecule has 21 heavy (non-hydrogen) atoms. The highest BCUT2D eigenvalue weighted by atomic mass is 16.5. The second-order valence-electron chi connectivity index (χ2n) is 7.45. The quantitative estimate of drug-likeness (QED) is 0.751. The minimum absolute atomic E-state index is 0.0733. The summed E-state index contributed by atoms with van der Waals surface area (Å²) in [7, 11) is 0. The smallest absolute Gasteiger partial charge is 0.196 e. The number of benzene rings is 1. The number of ketones is 1. The lowest BCUT2D eigenvalue weighted by molar-refractivity contribution is -0.130. The molecule has 4 nitrogen and oxygen atoms in total. The molecule has 1 aromatic carbocycles. The summed E-state index contributed by atoms with van der Waals surface area (Å²) in [5.41, 5.74) is 0.472. The maximum atomic E-state index is 12.4. The molecule has 106 valence electrons. The molecule has 1 heterocycles. The molecule has 0 aromatic heterocycles. The van der Waals surface area contributed by atoms with Crippen LogP contribution < -0.4 is 4.74 Å². The first-order valence-corrected chi connectivity index (χ1v) is 7.49. The molecule has 2 bridgehead atoms. The van der Waals surface area contributed by atoms with Crippen LogP contribution in [0, 0.1) is 11.3 Å². The summed E-state index contributed by atoms with van der Waals surface area (Å²) in [6.45, 7) is 0. The van der Waals surface area contributed by atoms with Crippen molar-refractivity contribution in [2.24, 2.45) is 11.3 Å². The van der Waals surface area contributed by atoms with E-state index in [1.165, 1.54) is 6.08 Å². The molecule has 5 atom stereocenters. The third-order valence-electron chi connectivity index (χ3n) is 6.72. The molecule has 6 rings (SSSR count). The number of carbonyl (C=O) groups is 1. The predicted octanol–water partition coefficient (Wildman–Crippen LogP) is 1.23. The number of aliphatic hydroxyl groups is 1. The summed E-state index contributed by atoms with van der Waals surface area (Å²) in [6, 6.07) is 3.59. The highest BCUT2D eigenvalue weighted by Gasteiger charge is 2.84. The Balaban J connectivity index is 1.79. The van der Waals surface area contributed by atoms with Crippen LogP contribution >= 0.6 is 0 Å². The van der Waals surface area contributed by atoms with Gasteiger partial charge in [0.05, 0.1) is 5.41 Å². The zero-order valence-electron chi connectivity index (χ0n) is 11.3. The van der Waals surface area contributed by atoms with Crippen LogP contribution in [0.4, 0.5) is 0 Å². The number of rotatable bonds is 0. The number of phenolic OH excluding ortho intramolecular Hbond substituents is 1. The third kappa shape index (κ3) is 0.821. The second-order valence-corrected chi connectivity index (χ2v) is 7.45. The van der Waals surface area contributed by atoms with Crippen LogP contribution in [0.3, 0.4) is 0 Å². The first kappa shape index (κ1) is 10.9. The van der Waals surface area contributed by atoms with Crippen LogP contribution in [0.25, 0.3) is 0 Å². The summed E-state index contributed by atoms with van der Waals surface area (Å²) in [6.07, 6.45) is 5.24. The molecule has 0 amide bonds. The first-order chi connectivity index (χ1) is 10.0. The number of aromatic hydroxyl groups is 1. The molecule has 1 aliphatic heterocycles. The van der Waals surface area contributed by atoms with Crippen molar-refractivity contribution in [1.29, 1.82) is 0 Å². The van der Waals surface area contributed by atoms with Crippen LogP contribution in [-0.2, 0) is 16.6 Å². The van der Waals surface area contributed by atoms with Gasteiger partial charge in [-0.3, -0.25) is 4.79 Å². The molecular weight excluding hydrogens is 268 g/mol. The molecule has 1 aromatic rings. The van der Waals surface area contributed by atoms with Gasteiger partial charge >= 0.3 is 0 Å². The fraction of sp³-hybridized carbons (Fsp3) is 0.471. The Labute approximate surface area is 121 Å². The van der Waals surface area contributed by atoms with E-state index in [0.717, 1.165) is 30.4 Å². The zero-order chi connectivity index (χ0) is 14.2. The molecule has 4 heteroatoms. The lowest BCUT2D eigenvalue weighted by atomic mass is 9.57.